The van der Waals surface area contributed by atoms with E-state index < -0.39 is 11.9 Å². The fraction of sp³-hybridized carbons (Fsp3) is 0.882. The highest BCUT2D eigenvalue weighted by Crippen LogP contribution is 2.50. The zero-order valence-electron chi connectivity index (χ0n) is 14.3. The van der Waals surface area contributed by atoms with Gasteiger partial charge in [-0.3, -0.25) is 4.79 Å². The lowest BCUT2D eigenvalue weighted by Crippen LogP contribution is -2.67. The van der Waals surface area contributed by atoms with Crippen LogP contribution in [0.25, 0.3) is 0 Å². The van der Waals surface area contributed by atoms with E-state index in [2.05, 4.69) is 5.32 Å². The SMILES string of the molecule is CCOC1CC(NC(=O)N2CCCC(C(=O)O)C2)C12CCOCC2. The van der Waals surface area contributed by atoms with Gasteiger partial charge in [0.05, 0.1) is 12.0 Å². The first-order chi connectivity index (χ1) is 11.6. The van der Waals surface area contributed by atoms with Gasteiger partial charge in [0.25, 0.3) is 0 Å². The summed E-state index contributed by atoms with van der Waals surface area (Å²) in [5, 5.41) is 12.3. The average molecular weight is 340 g/mol. The molecule has 7 nitrogen and oxygen atoms in total. The minimum absolute atomic E-state index is 0.0219. The molecule has 24 heavy (non-hydrogen) atoms. The predicted octanol–water partition coefficient (Wildman–Crippen LogP) is 1.47. The Morgan fingerprint density at radius 1 is 1.38 bits per heavy atom. The van der Waals surface area contributed by atoms with Gasteiger partial charge in [-0.05, 0) is 39.0 Å². The van der Waals surface area contributed by atoms with Gasteiger partial charge in [-0.15, -0.1) is 0 Å². The van der Waals surface area contributed by atoms with E-state index in [9.17, 15) is 14.7 Å². The van der Waals surface area contributed by atoms with Crippen molar-refractivity contribution in [2.24, 2.45) is 11.3 Å². The number of likely N-dealkylation sites (tertiary alicyclic amines) is 1. The predicted molar refractivity (Wildman–Crippen MR) is 86.8 cm³/mol. The fourth-order valence-corrected chi connectivity index (χ4v) is 4.41. The maximum Gasteiger partial charge on any atom is 0.317 e. The van der Waals surface area contributed by atoms with Crippen molar-refractivity contribution in [1.82, 2.24) is 10.2 Å². The Morgan fingerprint density at radius 2 is 2.12 bits per heavy atom. The molecule has 3 atom stereocenters. The van der Waals surface area contributed by atoms with E-state index >= 15 is 0 Å². The van der Waals surface area contributed by atoms with Crippen molar-refractivity contribution in [1.29, 1.82) is 0 Å². The number of carbonyl (C=O) groups is 2. The number of hydrogen-bond acceptors (Lipinski definition) is 4. The number of carboxylic acid groups (broad SMARTS) is 1. The molecule has 2 saturated heterocycles. The highest BCUT2D eigenvalue weighted by molar-refractivity contribution is 5.77. The molecular formula is C17H28N2O5. The zero-order chi connectivity index (χ0) is 17.2. The standard InChI is InChI=1S/C17H28N2O5/c1-2-24-14-10-13(17(14)5-8-23-9-6-17)18-16(22)19-7-3-4-12(11-19)15(20)21/h12-14H,2-11H2,1H3,(H,18,22)(H,20,21). The second kappa shape index (κ2) is 7.27. The van der Waals surface area contributed by atoms with Gasteiger partial charge >= 0.3 is 12.0 Å². The van der Waals surface area contributed by atoms with E-state index in [1.807, 2.05) is 6.92 Å². The molecule has 1 saturated carbocycles. The monoisotopic (exact) mass is 340 g/mol. The van der Waals surface area contributed by atoms with Crippen LogP contribution in [-0.2, 0) is 14.3 Å². The topological polar surface area (TPSA) is 88.1 Å². The van der Waals surface area contributed by atoms with Crippen LogP contribution in [0, 0.1) is 11.3 Å². The summed E-state index contributed by atoms with van der Waals surface area (Å²) >= 11 is 0. The molecule has 0 aromatic rings. The van der Waals surface area contributed by atoms with Gasteiger partial charge in [-0.25, -0.2) is 4.79 Å². The molecule has 0 aromatic carbocycles. The summed E-state index contributed by atoms with van der Waals surface area (Å²) in [6.45, 7) is 5.03. The lowest BCUT2D eigenvalue weighted by atomic mass is 9.57. The van der Waals surface area contributed by atoms with Crippen LogP contribution in [0.3, 0.4) is 0 Å². The van der Waals surface area contributed by atoms with Gasteiger partial charge in [-0.2, -0.15) is 0 Å². The summed E-state index contributed by atoms with van der Waals surface area (Å²) in [6.07, 6.45) is 4.22. The molecule has 3 aliphatic rings. The van der Waals surface area contributed by atoms with E-state index in [4.69, 9.17) is 9.47 Å². The number of carboxylic acids is 1. The Labute approximate surface area is 142 Å². The molecule has 2 amide bonds. The zero-order valence-corrected chi connectivity index (χ0v) is 14.3. The first kappa shape index (κ1) is 17.5. The number of nitrogens with zero attached hydrogens (tertiary/aromatic N) is 1. The minimum atomic E-state index is -0.812. The van der Waals surface area contributed by atoms with Crippen molar-refractivity contribution in [2.75, 3.05) is 32.9 Å². The maximum absolute atomic E-state index is 12.6. The van der Waals surface area contributed by atoms with Crippen LogP contribution in [0.5, 0.6) is 0 Å². The summed E-state index contributed by atoms with van der Waals surface area (Å²) in [6, 6.07) is -0.0394. The molecule has 3 rings (SSSR count). The Balaban J connectivity index is 1.60. The second-order valence-corrected chi connectivity index (χ2v) is 7.15. The number of carbonyl (C=O) groups excluding carboxylic acids is 1. The molecular weight excluding hydrogens is 312 g/mol. The number of aliphatic carboxylic acids is 1. The Hall–Kier alpha value is -1.34. The van der Waals surface area contributed by atoms with Crippen LogP contribution in [0.4, 0.5) is 4.79 Å². The summed E-state index contributed by atoms with van der Waals surface area (Å²) < 4.78 is 11.4. The van der Waals surface area contributed by atoms with Gasteiger partial charge in [0.1, 0.15) is 0 Å². The lowest BCUT2D eigenvalue weighted by Gasteiger charge is -2.57. The molecule has 2 N–H and O–H groups in total. The quantitative estimate of drug-likeness (QED) is 0.809. The number of urea groups is 1. The van der Waals surface area contributed by atoms with Crippen molar-refractivity contribution in [3.05, 3.63) is 0 Å². The molecule has 1 aliphatic carbocycles. The van der Waals surface area contributed by atoms with Gasteiger partial charge < -0.3 is 24.8 Å². The summed E-state index contributed by atoms with van der Waals surface area (Å²) in [4.78, 5) is 25.4. The van der Waals surface area contributed by atoms with E-state index in [1.165, 1.54) is 0 Å². The van der Waals surface area contributed by atoms with E-state index in [0.29, 0.717) is 39.3 Å². The summed E-state index contributed by atoms with van der Waals surface area (Å²) in [5.74, 6) is -1.26. The Bertz CT molecular complexity index is 478. The molecule has 0 bridgehead atoms. The van der Waals surface area contributed by atoms with Crippen LogP contribution >= 0.6 is 0 Å². The highest BCUT2D eigenvalue weighted by atomic mass is 16.5. The first-order valence-corrected chi connectivity index (χ1v) is 9.04. The van der Waals surface area contributed by atoms with Crippen LogP contribution in [-0.4, -0.2) is 67.1 Å². The van der Waals surface area contributed by atoms with Gasteiger partial charge in [0.2, 0.25) is 0 Å². The molecule has 7 heteroatoms. The van der Waals surface area contributed by atoms with E-state index in [0.717, 1.165) is 25.7 Å². The summed E-state index contributed by atoms with van der Waals surface area (Å²) in [7, 11) is 0. The number of ether oxygens (including phenoxy) is 2. The minimum Gasteiger partial charge on any atom is -0.481 e. The van der Waals surface area contributed by atoms with Crippen LogP contribution in [0.15, 0.2) is 0 Å². The molecule has 136 valence electrons. The molecule has 2 aliphatic heterocycles. The van der Waals surface area contributed by atoms with Crippen molar-refractivity contribution < 1.29 is 24.2 Å². The molecule has 1 spiro atoms. The van der Waals surface area contributed by atoms with E-state index in [1.54, 1.807) is 4.90 Å². The number of hydrogen-bond donors (Lipinski definition) is 2. The van der Waals surface area contributed by atoms with Crippen molar-refractivity contribution in [3.8, 4) is 0 Å². The largest absolute Gasteiger partial charge is 0.481 e. The van der Waals surface area contributed by atoms with Crippen LogP contribution in [0.2, 0.25) is 0 Å². The Kier molecular flexibility index (Phi) is 5.30. The third kappa shape index (κ3) is 3.24. The number of piperidine rings is 1. The van der Waals surface area contributed by atoms with Crippen molar-refractivity contribution in [3.63, 3.8) is 0 Å². The second-order valence-electron chi connectivity index (χ2n) is 7.15. The first-order valence-electron chi connectivity index (χ1n) is 9.04. The summed E-state index contributed by atoms with van der Waals surface area (Å²) in [5.41, 5.74) is -0.0219. The van der Waals surface area contributed by atoms with E-state index in [-0.39, 0.29) is 23.6 Å². The average Bonchev–Trinajstić information content (AvgIpc) is 2.61. The normalized spacial score (nSPS) is 32.2. The van der Waals surface area contributed by atoms with Crippen LogP contribution in [0.1, 0.15) is 39.0 Å². The molecule has 3 fully saturated rings. The fourth-order valence-electron chi connectivity index (χ4n) is 4.41. The molecule has 3 unspecified atom stereocenters. The molecule has 0 aromatic heterocycles. The number of rotatable bonds is 4. The smallest absolute Gasteiger partial charge is 0.317 e. The lowest BCUT2D eigenvalue weighted by molar-refractivity contribution is -0.170. The maximum atomic E-state index is 12.6. The highest BCUT2D eigenvalue weighted by Gasteiger charge is 2.56. The number of nitrogens with one attached hydrogen (secondary N) is 1. The van der Waals surface area contributed by atoms with Crippen molar-refractivity contribution >= 4 is 12.0 Å². The third-order valence-electron chi connectivity index (χ3n) is 5.93. The molecule has 0 radical (unpaired) electrons. The van der Waals surface area contributed by atoms with Crippen LogP contribution < -0.4 is 5.32 Å². The van der Waals surface area contributed by atoms with Gasteiger partial charge in [0, 0.05) is 44.4 Å². The van der Waals surface area contributed by atoms with Gasteiger partial charge in [0.15, 0.2) is 0 Å². The number of amides is 2. The third-order valence-corrected chi connectivity index (χ3v) is 5.93. The molecule has 2 heterocycles. The van der Waals surface area contributed by atoms with Gasteiger partial charge in [-0.1, -0.05) is 0 Å². The van der Waals surface area contributed by atoms with Crippen molar-refractivity contribution in [2.45, 2.75) is 51.2 Å². The Morgan fingerprint density at radius 3 is 2.79 bits per heavy atom.